The normalized spacial score (nSPS) is 19.3. The van der Waals surface area contributed by atoms with Crippen LogP contribution in [0.25, 0.3) is 21.9 Å². The van der Waals surface area contributed by atoms with Gasteiger partial charge in [0.2, 0.25) is 5.91 Å². The Morgan fingerprint density at radius 3 is 2.58 bits per heavy atom. The molecule has 3 atom stereocenters. The number of halogens is 5. The highest BCUT2D eigenvalue weighted by Crippen LogP contribution is 2.39. The third-order valence-corrected chi connectivity index (χ3v) is 5.67. The zero-order valence-electron chi connectivity index (χ0n) is 16.0. The number of nitrogens with zero attached hydrogens (tertiary/aromatic N) is 2. The molecule has 1 fully saturated rings. The fourth-order valence-corrected chi connectivity index (χ4v) is 3.52. The molecule has 1 aromatic carbocycles. The molecule has 1 aliphatic carbocycles. The molecular weight excluding hydrogens is 438 g/mol. The van der Waals surface area contributed by atoms with Gasteiger partial charge in [0.25, 0.3) is 0 Å². The number of aromatic nitrogens is 2. The summed E-state index contributed by atoms with van der Waals surface area (Å²) in [6, 6.07) is 6.88. The van der Waals surface area contributed by atoms with Crippen LogP contribution in [-0.4, -0.2) is 33.3 Å². The first-order valence-corrected chi connectivity index (χ1v) is 9.69. The van der Waals surface area contributed by atoms with E-state index in [2.05, 4.69) is 15.3 Å². The lowest BCUT2D eigenvalue weighted by Gasteiger charge is -2.18. The van der Waals surface area contributed by atoms with Crippen LogP contribution in [0.5, 0.6) is 0 Å². The molecule has 5 nitrogen and oxygen atoms in total. The maximum atomic E-state index is 13.0. The van der Waals surface area contributed by atoms with Crippen molar-refractivity contribution in [2.75, 3.05) is 5.32 Å². The van der Waals surface area contributed by atoms with Crippen LogP contribution < -0.4 is 5.32 Å². The van der Waals surface area contributed by atoms with E-state index in [0.29, 0.717) is 27.9 Å². The second-order valence-electron chi connectivity index (χ2n) is 7.42. The molecule has 1 amide bonds. The molecule has 31 heavy (non-hydrogen) atoms. The standard InChI is InChI=1S/C21H16ClF4N3O2/c1-9-14(8-28-18(17(9)22)19(30)21(24,25)26)11-3-2-10-5-16(27-7-12(10)4-11)29-20(31)13-6-15(13)23/h2-5,7-8,13,15,19,30H,6H2,1H3,(H,27,29,31)/t13?,15-,19-/m0/s1. The summed E-state index contributed by atoms with van der Waals surface area (Å²) >= 11 is 6.08. The number of benzene rings is 1. The van der Waals surface area contributed by atoms with E-state index >= 15 is 0 Å². The molecule has 162 valence electrons. The Kier molecular flexibility index (Phi) is 5.35. The second kappa shape index (κ2) is 7.72. The SMILES string of the molecule is Cc1c(-c2ccc3cc(NC(=O)C4C[C@@H]4F)ncc3c2)cnc([C@H](O)C(F)(F)F)c1Cl. The van der Waals surface area contributed by atoms with Crippen LogP contribution >= 0.6 is 11.6 Å². The zero-order chi connectivity index (χ0) is 22.5. The van der Waals surface area contributed by atoms with E-state index in [4.69, 9.17) is 11.6 Å². The van der Waals surface area contributed by atoms with Crippen molar-refractivity contribution in [3.63, 3.8) is 0 Å². The predicted molar refractivity (Wildman–Crippen MR) is 107 cm³/mol. The van der Waals surface area contributed by atoms with Crippen molar-refractivity contribution in [1.29, 1.82) is 0 Å². The molecule has 4 rings (SSSR count). The van der Waals surface area contributed by atoms with Gasteiger partial charge in [-0.05, 0) is 42.0 Å². The van der Waals surface area contributed by atoms with Crippen LogP contribution in [0, 0.1) is 12.8 Å². The van der Waals surface area contributed by atoms with Crippen molar-refractivity contribution in [3.8, 4) is 11.1 Å². The van der Waals surface area contributed by atoms with Gasteiger partial charge in [-0.3, -0.25) is 9.78 Å². The van der Waals surface area contributed by atoms with Crippen LogP contribution in [-0.2, 0) is 4.79 Å². The number of fused-ring (bicyclic) bond motifs is 1. The molecule has 10 heteroatoms. The number of anilines is 1. The molecule has 0 saturated heterocycles. The van der Waals surface area contributed by atoms with Gasteiger partial charge in [0, 0.05) is 23.3 Å². The summed E-state index contributed by atoms with van der Waals surface area (Å²) < 4.78 is 51.5. The number of amides is 1. The maximum absolute atomic E-state index is 13.0. The summed E-state index contributed by atoms with van der Waals surface area (Å²) in [7, 11) is 0. The summed E-state index contributed by atoms with van der Waals surface area (Å²) in [4.78, 5) is 19.8. The van der Waals surface area contributed by atoms with Crippen molar-refractivity contribution in [2.45, 2.75) is 31.8 Å². The number of rotatable bonds is 4. The number of alkyl halides is 4. The molecule has 2 heterocycles. The van der Waals surface area contributed by atoms with Gasteiger partial charge in [0.05, 0.1) is 16.6 Å². The van der Waals surface area contributed by atoms with Gasteiger partial charge in [-0.1, -0.05) is 23.7 Å². The number of nitrogens with one attached hydrogen (secondary N) is 1. The molecule has 0 radical (unpaired) electrons. The van der Waals surface area contributed by atoms with Crippen LogP contribution in [0.3, 0.4) is 0 Å². The molecule has 0 bridgehead atoms. The Morgan fingerprint density at radius 2 is 1.94 bits per heavy atom. The average molecular weight is 454 g/mol. The Balaban J connectivity index is 1.63. The minimum absolute atomic E-state index is 0.220. The average Bonchev–Trinajstić information content (AvgIpc) is 3.45. The molecule has 0 aliphatic heterocycles. The smallest absolute Gasteiger partial charge is 0.378 e. The first-order valence-electron chi connectivity index (χ1n) is 9.31. The lowest BCUT2D eigenvalue weighted by molar-refractivity contribution is -0.207. The lowest BCUT2D eigenvalue weighted by atomic mass is 9.99. The molecule has 1 aliphatic rings. The van der Waals surface area contributed by atoms with Gasteiger partial charge in [-0.2, -0.15) is 13.2 Å². The van der Waals surface area contributed by atoms with Crippen molar-refractivity contribution < 1.29 is 27.5 Å². The monoisotopic (exact) mass is 453 g/mol. The topological polar surface area (TPSA) is 75.1 Å². The van der Waals surface area contributed by atoms with Crippen molar-refractivity contribution in [2.24, 2.45) is 5.92 Å². The van der Waals surface area contributed by atoms with Crippen molar-refractivity contribution in [1.82, 2.24) is 9.97 Å². The fourth-order valence-electron chi connectivity index (χ4n) is 3.27. The third kappa shape index (κ3) is 4.20. The number of aliphatic hydroxyl groups excluding tert-OH is 1. The Labute approximate surface area is 179 Å². The maximum Gasteiger partial charge on any atom is 0.420 e. The lowest BCUT2D eigenvalue weighted by Crippen LogP contribution is -2.22. The summed E-state index contributed by atoms with van der Waals surface area (Å²) in [5.41, 5.74) is 0.843. The first kappa shape index (κ1) is 21.5. The van der Waals surface area contributed by atoms with E-state index < -0.39 is 36.0 Å². The summed E-state index contributed by atoms with van der Waals surface area (Å²) in [6.07, 6.45) is -5.77. The van der Waals surface area contributed by atoms with Crippen LogP contribution in [0.1, 0.15) is 23.8 Å². The predicted octanol–water partition coefficient (Wildman–Crippen LogP) is 5.15. The van der Waals surface area contributed by atoms with Crippen molar-refractivity contribution >= 4 is 34.1 Å². The van der Waals surface area contributed by atoms with E-state index in [-0.39, 0.29) is 11.4 Å². The van der Waals surface area contributed by atoms with Crippen LogP contribution in [0.15, 0.2) is 36.7 Å². The molecular formula is C21H16ClF4N3O2. The minimum Gasteiger partial charge on any atom is -0.378 e. The number of carbonyl (C=O) groups excluding carboxylic acids is 1. The number of pyridine rings is 2. The third-order valence-electron chi connectivity index (χ3n) is 5.19. The zero-order valence-corrected chi connectivity index (χ0v) is 16.8. The van der Waals surface area contributed by atoms with E-state index in [9.17, 15) is 27.5 Å². The Hall–Kier alpha value is -2.78. The van der Waals surface area contributed by atoms with E-state index in [0.717, 1.165) is 5.39 Å². The largest absolute Gasteiger partial charge is 0.420 e. The summed E-state index contributed by atoms with van der Waals surface area (Å²) in [6.45, 7) is 1.54. The Morgan fingerprint density at radius 1 is 1.23 bits per heavy atom. The van der Waals surface area contributed by atoms with E-state index in [1.807, 2.05) is 0 Å². The number of carbonyl (C=O) groups is 1. The molecule has 1 saturated carbocycles. The highest BCUT2D eigenvalue weighted by Gasteiger charge is 2.44. The number of aliphatic hydroxyl groups is 1. The van der Waals surface area contributed by atoms with Crippen LogP contribution in [0.4, 0.5) is 23.4 Å². The Bertz CT molecular complexity index is 1190. The number of hydrogen-bond donors (Lipinski definition) is 2. The highest BCUT2D eigenvalue weighted by molar-refractivity contribution is 6.32. The molecule has 3 aromatic rings. The quantitative estimate of drug-likeness (QED) is 0.536. The molecule has 2 aromatic heterocycles. The second-order valence-corrected chi connectivity index (χ2v) is 7.80. The summed E-state index contributed by atoms with van der Waals surface area (Å²) in [5.74, 6) is -0.733. The fraction of sp³-hybridized carbons (Fsp3) is 0.286. The van der Waals surface area contributed by atoms with Gasteiger partial charge < -0.3 is 10.4 Å². The van der Waals surface area contributed by atoms with E-state index in [1.54, 1.807) is 31.2 Å². The van der Waals surface area contributed by atoms with Gasteiger partial charge in [0.15, 0.2) is 6.10 Å². The molecule has 0 spiro atoms. The highest BCUT2D eigenvalue weighted by atomic mass is 35.5. The minimum atomic E-state index is -4.88. The number of hydrogen-bond acceptors (Lipinski definition) is 4. The van der Waals surface area contributed by atoms with Crippen LogP contribution in [0.2, 0.25) is 5.02 Å². The van der Waals surface area contributed by atoms with Gasteiger partial charge in [0.1, 0.15) is 12.0 Å². The summed E-state index contributed by atoms with van der Waals surface area (Å²) in [5, 5.41) is 13.3. The van der Waals surface area contributed by atoms with E-state index in [1.165, 1.54) is 12.4 Å². The molecule has 1 unspecified atom stereocenters. The van der Waals surface area contributed by atoms with Gasteiger partial charge >= 0.3 is 6.18 Å². The van der Waals surface area contributed by atoms with Crippen molar-refractivity contribution in [3.05, 3.63) is 52.9 Å². The van der Waals surface area contributed by atoms with Gasteiger partial charge in [-0.15, -0.1) is 0 Å². The van der Waals surface area contributed by atoms with Gasteiger partial charge in [-0.25, -0.2) is 9.37 Å². The molecule has 2 N–H and O–H groups in total. The first-order chi connectivity index (χ1) is 14.6.